The van der Waals surface area contributed by atoms with Gasteiger partial charge in [-0.3, -0.25) is 4.98 Å². The number of ether oxygens (including phenoxy) is 1. The van der Waals surface area contributed by atoms with E-state index in [4.69, 9.17) is 21.2 Å². The number of fused-ring (bicyclic) bond motifs is 2. The zero-order chi connectivity index (χ0) is 23.3. The van der Waals surface area contributed by atoms with Crippen LogP contribution in [0.5, 0.6) is 0 Å². The van der Waals surface area contributed by atoms with Crippen molar-refractivity contribution in [1.82, 2.24) is 19.6 Å². The van der Waals surface area contributed by atoms with Crippen molar-refractivity contribution in [2.24, 2.45) is 17.6 Å². The minimum Gasteiger partial charge on any atom is -0.462 e. The lowest BCUT2D eigenvalue weighted by atomic mass is 9.97. The highest BCUT2D eigenvalue weighted by atomic mass is 19.1. The molecule has 0 amide bonds. The van der Waals surface area contributed by atoms with Gasteiger partial charge in [-0.15, -0.1) is 5.10 Å². The molecule has 4 atom stereocenters. The second-order valence-electron chi connectivity index (χ2n) is 9.00. The topological polar surface area (TPSA) is 125 Å². The number of pyridine rings is 1. The average Bonchev–Trinajstić information content (AvgIpc) is 3.30. The molecule has 2 aliphatic rings. The van der Waals surface area contributed by atoms with Gasteiger partial charge in [-0.05, 0) is 62.6 Å². The molecule has 3 aromatic heterocycles. The first-order valence-corrected chi connectivity index (χ1v) is 11.4. The van der Waals surface area contributed by atoms with Gasteiger partial charge in [-0.25, -0.2) is 18.7 Å². The molecule has 1 aliphatic carbocycles. The van der Waals surface area contributed by atoms with Gasteiger partial charge < -0.3 is 21.1 Å². The Balaban J connectivity index is 1.55. The summed E-state index contributed by atoms with van der Waals surface area (Å²) in [4.78, 5) is 23.8. The first kappa shape index (κ1) is 21.6. The first-order valence-electron chi connectivity index (χ1n) is 11.4. The molecule has 1 aliphatic heterocycles. The third-order valence-electron chi connectivity index (χ3n) is 6.55. The van der Waals surface area contributed by atoms with Gasteiger partial charge in [0.05, 0.1) is 18.8 Å². The third-order valence-corrected chi connectivity index (χ3v) is 6.55. The molecule has 4 heterocycles. The van der Waals surface area contributed by atoms with E-state index in [0.717, 1.165) is 30.6 Å². The smallest absolute Gasteiger partial charge is 0.345 e. The van der Waals surface area contributed by atoms with E-state index in [9.17, 15) is 9.18 Å². The summed E-state index contributed by atoms with van der Waals surface area (Å²) in [6, 6.07) is 3.44. The van der Waals surface area contributed by atoms with Crippen molar-refractivity contribution in [1.29, 1.82) is 0 Å². The molecule has 5 rings (SSSR count). The van der Waals surface area contributed by atoms with Crippen LogP contribution in [0.25, 0.3) is 5.65 Å². The van der Waals surface area contributed by atoms with Crippen LogP contribution in [0.2, 0.25) is 0 Å². The van der Waals surface area contributed by atoms with Crippen LogP contribution in [-0.2, 0) is 11.2 Å². The number of nitrogens with two attached hydrogens (primary N) is 2. The van der Waals surface area contributed by atoms with Crippen LogP contribution in [-0.4, -0.2) is 44.7 Å². The predicted molar refractivity (Wildman–Crippen MR) is 121 cm³/mol. The van der Waals surface area contributed by atoms with E-state index in [1.54, 1.807) is 19.2 Å². The van der Waals surface area contributed by atoms with Crippen molar-refractivity contribution in [3.63, 3.8) is 0 Å². The van der Waals surface area contributed by atoms with E-state index in [-0.39, 0.29) is 35.9 Å². The van der Waals surface area contributed by atoms with Gasteiger partial charge in [0.25, 0.3) is 0 Å². The lowest BCUT2D eigenvalue weighted by molar-refractivity contribution is 0.0529. The highest BCUT2D eigenvalue weighted by molar-refractivity contribution is 6.00. The molecule has 1 saturated heterocycles. The number of carbonyl (C=O) groups is 1. The van der Waals surface area contributed by atoms with Crippen molar-refractivity contribution >= 4 is 23.3 Å². The maximum Gasteiger partial charge on any atom is 0.345 e. The number of aromatic nitrogens is 4. The number of aryl methyl sites for hydroxylation is 1. The molecule has 0 aromatic carbocycles. The van der Waals surface area contributed by atoms with Crippen molar-refractivity contribution < 1.29 is 13.9 Å². The van der Waals surface area contributed by atoms with E-state index in [1.165, 1.54) is 10.7 Å². The molecule has 1 saturated carbocycles. The van der Waals surface area contributed by atoms with E-state index in [2.05, 4.69) is 15.0 Å². The molecule has 3 unspecified atom stereocenters. The van der Waals surface area contributed by atoms with Gasteiger partial charge >= 0.3 is 5.97 Å². The number of anilines is 2. The van der Waals surface area contributed by atoms with Crippen LogP contribution in [0, 0.1) is 17.7 Å². The van der Waals surface area contributed by atoms with E-state index in [0.29, 0.717) is 29.7 Å². The Morgan fingerprint density at radius 3 is 3.00 bits per heavy atom. The van der Waals surface area contributed by atoms with Gasteiger partial charge in [0.15, 0.2) is 11.5 Å². The summed E-state index contributed by atoms with van der Waals surface area (Å²) in [6.45, 7) is 4.72. The highest BCUT2D eigenvalue weighted by Gasteiger charge is 2.54. The minimum absolute atomic E-state index is 0.0377. The first-order chi connectivity index (χ1) is 15.9. The number of hydrogen-bond donors (Lipinski definition) is 2. The Bertz CT molecular complexity index is 1210. The van der Waals surface area contributed by atoms with Crippen LogP contribution < -0.4 is 16.4 Å². The molecule has 0 spiro atoms. The van der Waals surface area contributed by atoms with Crippen LogP contribution >= 0.6 is 0 Å². The molecule has 0 radical (unpaired) electrons. The molecule has 33 heavy (non-hydrogen) atoms. The van der Waals surface area contributed by atoms with Crippen molar-refractivity contribution in [2.45, 2.75) is 45.2 Å². The summed E-state index contributed by atoms with van der Waals surface area (Å²) in [5.41, 5.74) is 14.2. The molecule has 174 valence electrons. The second-order valence-corrected chi connectivity index (χ2v) is 9.00. The third kappa shape index (κ3) is 3.88. The highest BCUT2D eigenvalue weighted by Crippen LogP contribution is 2.57. The van der Waals surface area contributed by atoms with Crippen molar-refractivity contribution in [3.05, 3.63) is 47.2 Å². The summed E-state index contributed by atoms with van der Waals surface area (Å²) < 4.78 is 20.9. The van der Waals surface area contributed by atoms with Gasteiger partial charge in [-0.2, -0.15) is 0 Å². The largest absolute Gasteiger partial charge is 0.462 e. The SMILES string of the molecule is CCOC(=O)c1c(N)nn2ccc(N3CC4CC4C3c3cc(F)cnc3CC[C@@H](C)N)nc12. The number of esters is 1. The Kier molecular flexibility index (Phi) is 5.40. The van der Waals surface area contributed by atoms with Crippen LogP contribution in [0.4, 0.5) is 16.0 Å². The lowest BCUT2D eigenvalue weighted by Crippen LogP contribution is -2.29. The van der Waals surface area contributed by atoms with Crippen molar-refractivity contribution in [3.8, 4) is 0 Å². The molecule has 3 aromatic rings. The van der Waals surface area contributed by atoms with Crippen LogP contribution in [0.3, 0.4) is 0 Å². The molecule has 9 nitrogen and oxygen atoms in total. The molecule has 2 fully saturated rings. The van der Waals surface area contributed by atoms with Crippen LogP contribution in [0.1, 0.15) is 54.3 Å². The molecular weight excluding hydrogens is 425 g/mol. The predicted octanol–water partition coefficient (Wildman–Crippen LogP) is 2.50. The Labute approximate surface area is 190 Å². The number of nitrogens with zero attached hydrogens (tertiary/aromatic N) is 5. The fraction of sp³-hybridized carbons (Fsp3) is 0.478. The Morgan fingerprint density at radius 2 is 2.24 bits per heavy atom. The number of piperidine rings is 1. The minimum atomic E-state index is -0.553. The van der Waals surface area contributed by atoms with Crippen molar-refractivity contribution in [2.75, 3.05) is 23.8 Å². The van der Waals surface area contributed by atoms with Gasteiger partial charge in [-0.1, -0.05) is 0 Å². The fourth-order valence-electron chi connectivity index (χ4n) is 4.91. The number of nitrogen functional groups attached to an aromatic ring is 1. The summed E-state index contributed by atoms with van der Waals surface area (Å²) in [5, 5.41) is 4.19. The number of carbonyl (C=O) groups excluding carboxylic acids is 1. The summed E-state index contributed by atoms with van der Waals surface area (Å²) >= 11 is 0. The summed E-state index contributed by atoms with van der Waals surface area (Å²) in [6.07, 6.45) is 5.57. The summed E-state index contributed by atoms with van der Waals surface area (Å²) in [5.74, 6) is 0.800. The van der Waals surface area contributed by atoms with Crippen LogP contribution in [0.15, 0.2) is 24.5 Å². The van der Waals surface area contributed by atoms with Gasteiger partial charge in [0, 0.05) is 24.5 Å². The number of halogens is 1. The quantitative estimate of drug-likeness (QED) is 0.523. The zero-order valence-corrected chi connectivity index (χ0v) is 18.7. The zero-order valence-electron chi connectivity index (χ0n) is 18.7. The monoisotopic (exact) mass is 453 g/mol. The molecule has 10 heteroatoms. The Morgan fingerprint density at radius 1 is 1.42 bits per heavy atom. The molecule has 4 N–H and O–H groups in total. The summed E-state index contributed by atoms with van der Waals surface area (Å²) in [7, 11) is 0. The number of hydrogen-bond acceptors (Lipinski definition) is 8. The van der Waals surface area contributed by atoms with Gasteiger partial charge in [0.1, 0.15) is 17.2 Å². The molecule has 0 bridgehead atoms. The standard InChI is InChI=1S/C23H28FN7O2/c1-3-33-23(32)19-21(26)29-31-7-6-18(28-22(19)31)30-11-13-8-15(13)20(30)16-9-14(24)10-27-17(16)5-4-12(2)25/h6-7,9-10,12-13,15,20H,3-5,8,11,25H2,1-2H3,(H2,26,29)/t12-,13?,15?,20?/m1/s1. The average molecular weight is 454 g/mol. The normalized spacial score (nSPS) is 22.4. The van der Waals surface area contributed by atoms with E-state index >= 15 is 0 Å². The molecular formula is C23H28FN7O2. The Hall–Kier alpha value is -3.27. The second kappa shape index (κ2) is 8.26. The maximum absolute atomic E-state index is 14.3. The van der Waals surface area contributed by atoms with E-state index in [1.807, 2.05) is 13.0 Å². The van der Waals surface area contributed by atoms with Gasteiger partial charge in [0.2, 0.25) is 0 Å². The van der Waals surface area contributed by atoms with E-state index < -0.39 is 5.97 Å². The maximum atomic E-state index is 14.3. The fourth-order valence-corrected chi connectivity index (χ4v) is 4.91. The lowest BCUT2D eigenvalue weighted by Gasteiger charge is -2.30. The number of rotatable bonds is 7.